The Morgan fingerprint density at radius 3 is 2.11 bits per heavy atom. The van der Waals surface area contributed by atoms with Gasteiger partial charge in [-0.15, -0.1) is 0 Å². The molecule has 0 spiro atoms. The van der Waals surface area contributed by atoms with Crippen molar-refractivity contribution in [1.82, 2.24) is 0 Å². The fourth-order valence-corrected chi connectivity index (χ4v) is 3.36. The van der Waals surface area contributed by atoms with Crippen LogP contribution in [0, 0.1) is 0 Å². The van der Waals surface area contributed by atoms with Crippen molar-refractivity contribution >= 4 is 0 Å². The first-order valence-corrected chi connectivity index (χ1v) is 11.0. The molecule has 3 N–H and O–H groups in total. The van der Waals surface area contributed by atoms with E-state index >= 15 is 0 Å². The Bertz CT molecular complexity index is 361. The molecule has 0 aromatic rings. The molecule has 0 bridgehead atoms. The van der Waals surface area contributed by atoms with Crippen molar-refractivity contribution in [3.05, 3.63) is 12.2 Å². The van der Waals surface area contributed by atoms with Crippen LogP contribution in [-0.2, 0) is 9.47 Å². The van der Waals surface area contributed by atoms with Crippen LogP contribution in [0.2, 0.25) is 0 Å². The van der Waals surface area contributed by atoms with Gasteiger partial charge in [-0.25, -0.2) is 0 Å². The summed E-state index contributed by atoms with van der Waals surface area (Å²) < 4.78 is 10.7. The summed E-state index contributed by atoms with van der Waals surface area (Å²) in [6.45, 7) is 3.07. The predicted molar refractivity (Wildman–Crippen MR) is 109 cm³/mol. The summed E-state index contributed by atoms with van der Waals surface area (Å²) in [6.07, 6.45) is 16.1. The summed E-state index contributed by atoms with van der Waals surface area (Å²) in [5, 5.41) is 29.0. The first-order valence-electron chi connectivity index (χ1n) is 11.0. The van der Waals surface area contributed by atoms with E-state index < -0.39 is 24.4 Å². The van der Waals surface area contributed by atoms with E-state index in [0.717, 1.165) is 12.8 Å². The Labute approximate surface area is 165 Å². The molecular weight excluding hydrogens is 344 g/mol. The monoisotopic (exact) mass is 386 g/mol. The molecule has 1 rings (SSSR count). The highest BCUT2D eigenvalue weighted by Crippen LogP contribution is 2.18. The minimum absolute atomic E-state index is 0.0676. The van der Waals surface area contributed by atoms with Crippen molar-refractivity contribution in [1.29, 1.82) is 0 Å². The normalized spacial score (nSPS) is 24.1. The Hall–Kier alpha value is -0.460. The lowest BCUT2D eigenvalue weighted by Gasteiger charge is -2.20. The molecule has 0 unspecified atom stereocenters. The SMILES string of the molecule is CCCCC/C=C/CCCCCCCCCOC[C@@H](O)[C@@H]1OC[C@H](O)[C@@H]1O. The Balaban J connectivity index is 1.80. The number of aliphatic hydroxyl groups excluding tert-OH is 3. The second kappa shape index (κ2) is 16.5. The number of rotatable bonds is 17. The molecule has 5 heteroatoms. The van der Waals surface area contributed by atoms with Gasteiger partial charge in [0.25, 0.3) is 0 Å². The number of aliphatic hydroxyl groups is 3. The fourth-order valence-electron chi connectivity index (χ4n) is 3.36. The molecular formula is C22H42O5. The van der Waals surface area contributed by atoms with Crippen LogP contribution in [0.15, 0.2) is 12.2 Å². The second-order valence-corrected chi connectivity index (χ2v) is 7.73. The average Bonchev–Trinajstić information content (AvgIpc) is 3.00. The molecule has 1 fully saturated rings. The lowest BCUT2D eigenvalue weighted by atomic mass is 10.1. The third-order valence-corrected chi connectivity index (χ3v) is 5.16. The van der Waals surface area contributed by atoms with Gasteiger partial charge in [0.2, 0.25) is 0 Å². The highest BCUT2D eigenvalue weighted by molar-refractivity contribution is 4.87. The quantitative estimate of drug-likeness (QED) is 0.262. The van der Waals surface area contributed by atoms with Gasteiger partial charge >= 0.3 is 0 Å². The van der Waals surface area contributed by atoms with E-state index in [4.69, 9.17) is 9.47 Å². The van der Waals surface area contributed by atoms with E-state index in [1.54, 1.807) is 0 Å². The summed E-state index contributed by atoms with van der Waals surface area (Å²) >= 11 is 0. The molecule has 0 saturated carbocycles. The molecule has 1 saturated heterocycles. The molecule has 160 valence electrons. The minimum Gasteiger partial charge on any atom is -0.388 e. The molecule has 5 nitrogen and oxygen atoms in total. The molecule has 4 atom stereocenters. The average molecular weight is 387 g/mol. The highest BCUT2D eigenvalue weighted by atomic mass is 16.5. The van der Waals surface area contributed by atoms with Crippen molar-refractivity contribution in [2.24, 2.45) is 0 Å². The molecule has 0 radical (unpaired) electrons. The van der Waals surface area contributed by atoms with Crippen LogP contribution in [0.25, 0.3) is 0 Å². The lowest BCUT2D eigenvalue weighted by Crippen LogP contribution is -2.40. The van der Waals surface area contributed by atoms with E-state index in [0.29, 0.717) is 6.61 Å². The molecule has 0 amide bonds. The highest BCUT2D eigenvalue weighted by Gasteiger charge is 2.39. The van der Waals surface area contributed by atoms with Crippen molar-refractivity contribution in [2.75, 3.05) is 19.8 Å². The first kappa shape index (κ1) is 24.6. The van der Waals surface area contributed by atoms with E-state index in [-0.39, 0.29) is 13.2 Å². The standard InChI is InChI=1S/C22H42O5/c1-2-3-4-5-6-7-8-9-10-11-12-13-14-15-16-26-17-20(24)22-21(25)19(23)18-27-22/h6-7,19-25H,2-5,8-18H2,1H3/b7-6+/t19-,20+,21-,22-/m0/s1. The van der Waals surface area contributed by atoms with Gasteiger partial charge in [-0.1, -0.05) is 64.0 Å². The van der Waals surface area contributed by atoms with Crippen LogP contribution >= 0.6 is 0 Å². The van der Waals surface area contributed by atoms with Crippen LogP contribution in [0.3, 0.4) is 0 Å². The van der Waals surface area contributed by atoms with Crippen LogP contribution < -0.4 is 0 Å². The van der Waals surface area contributed by atoms with Gasteiger partial charge in [0.15, 0.2) is 0 Å². The van der Waals surface area contributed by atoms with Gasteiger partial charge in [0.1, 0.15) is 24.4 Å². The van der Waals surface area contributed by atoms with E-state index in [1.165, 1.54) is 64.2 Å². The Morgan fingerprint density at radius 1 is 0.926 bits per heavy atom. The number of allylic oxidation sites excluding steroid dienone is 2. The zero-order valence-electron chi connectivity index (χ0n) is 17.2. The van der Waals surface area contributed by atoms with Gasteiger partial charge in [-0.3, -0.25) is 0 Å². The molecule has 0 aliphatic carbocycles. The van der Waals surface area contributed by atoms with E-state index in [9.17, 15) is 15.3 Å². The van der Waals surface area contributed by atoms with Gasteiger partial charge in [0.05, 0.1) is 13.2 Å². The molecule has 0 aromatic heterocycles. The topological polar surface area (TPSA) is 79.2 Å². The first-order chi connectivity index (χ1) is 13.2. The summed E-state index contributed by atoms with van der Waals surface area (Å²) in [4.78, 5) is 0. The van der Waals surface area contributed by atoms with Gasteiger partial charge in [-0.05, 0) is 32.1 Å². The van der Waals surface area contributed by atoms with Gasteiger partial charge in [0, 0.05) is 6.61 Å². The minimum atomic E-state index is -1.03. The number of ether oxygens (including phenoxy) is 2. The van der Waals surface area contributed by atoms with Gasteiger partial charge in [-0.2, -0.15) is 0 Å². The van der Waals surface area contributed by atoms with Crippen LogP contribution in [0.5, 0.6) is 0 Å². The lowest BCUT2D eigenvalue weighted by molar-refractivity contribution is -0.0813. The third-order valence-electron chi connectivity index (χ3n) is 5.16. The van der Waals surface area contributed by atoms with Crippen molar-refractivity contribution in [3.8, 4) is 0 Å². The van der Waals surface area contributed by atoms with Crippen LogP contribution in [0.4, 0.5) is 0 Å². The summed E-state index contributed by atoms with van der Waals surface area (Å²) in [5.74, 6) is 0. The zero-order chi connectivity index (χ0) is 19.7. The predicted octanol–water partition coefficient (Wildman–Crippen LogP) is 3.74. The fraction of sp³-hybridized carbons (Fsp3) is 0.909. The van der Waals surface area contributed by atoms with Gasteiger partial charge < -0.3 is 24.8 Å². The van der Waals surface area contributed by atoms with Crippen LogP contribution in [0.1, 0.15) is 84.0 Å². The smallest absolute Gasteiger partial charge is 0.114 e. The summed E-state index contributed by atoms with van der Waals surface area (Å²) in [7, 11) is 0. The summed E-state index contributed by atoms with van der Waals surface area (Å²) in [5.41, 5.74) is 0. The molecule has 0 aromatic carbocycles. The largest absolute Gasteiger partial charge is 0.388 e. The third kappa shape index (κ3) is 11.9. The van der Waals surface area contributed by atoms with Crippen LogP contribution in [-0.4, -0.2) is 59.6 Å². The van der Waals surface area contributed by atoms with Crippen molar-refractivity contribution in [3.63, 3.8) is 0 Å². The maximum Gasteiger partial charge on any atom is 0.114 e. The Kier molecular flexibility index (Phi) is 15.0. The molecule has 1 aliphatic heterocycles. The molecule has 1 heterocycles. The van der Waals surface area contributed by atoms with E-state index in [1.807, 2.05) is 0 Å². The molecule has 27 heavy (non-hydrogen) atoms. The number of unbranched alkanes of at least 4 members (excludes halogenated alkanes) is 10. The second-order valence-electron chi connectivity index (χ2n) is 7.73. The van der Waals surface area contributed by atoms with Crippen molar-refractivity contribution < 1.29 is 24.8 Å². The summed E-state index contributed by atoms with van der Waals surface area (Å²) in [6, 6.07) is 0. The maximum absolute atomic E-state index is 9.93. The Morgan fingerprint density at radius 2 is 1.52 bits per heavy atom. The number of hydrogen-bond acceptors (Lipinski definition) is 5. The van der Waals surface area contributed by atoms with E-state index in [2.05, 4.69) is 19.1 Å². The molecule has 1 aliphatic rings. The number of hydrogen-bond donors (Lipinski definition) is 3. The maximum atomic E-state index is 9.93. The zero-order valence-corrected chi connectivity index (χ0v) is 17.2. The van der Waals surface area contributed by atoms with Crippen molar-refractivity contribution in [2.45, 2.75) is 108 Å².